The molecule has 4 atom stereocenters. The minimum Gasteiger partial charge on any atom is -0.480 e. The van der Waals surface area contributed by atoms with Crippen LogP contribution < -0.4 is 32.3 Å². The molecule has 14 nitrogen and oxygen atoms in total. The lowest BCUT2D eigenvalue weighted by Gasteiger charge is -2.22. The van der Waals surface area contributed by atoms with Crippen molar-refractivity contribution in [1.29, 1.82) is 0 Å². The zero-order chi connectivity index (χ0) is 31.1. The van der Waals surface area contributed by atoms with Gasteiger partial charge in [-0.15, -0.1) is 0 Å². The summed E-state index contributed by atoms with van der Waals surface area (Å²) in [5.41, 5.74) is 7.43. The number of carbonyl (C=O) groups is 6. The molecule has 0 aromatic heterocycles. The summed E-state index contributed by atoms with van der Waals surface area (Å²) in [6.07, 6.45) is -1.05. The lowest BCUT2D eigenvalue weighted by molar-refractivity contribution is -0.138. The predicted octanol–water partition coefficient (Wildman–Crippen LogP) is -2.42. The number of aliphatic hydroxyl groups is 1. The summed E-state index contributed by atoms with van der Waals surface area (Å²) < 4.78 is 0. The van der Waals surface area contributed by atoms with E-state index in [9.17, 15) is 33.9 Å². The van der Waals surface area contributed by atoms with E-state index >= 15 is 0 Å². The van der Waals surface area contributed by atoms with E-state index in [-0.39, 0.29) is 12.8 Å². The molecule has 9 N–H and O–H groups in total. The van der Waals surface area contributed by atoms with E-state index in [1.807, 2.05) is 18.2 Å². The molecule has 0 aliphatic rings. The van der Waals surface area contributed by atoms with E-state index in [4.69, 9.17) is 10.8 Å². The van der Waals surface area contributed by atoms with E-state index in [1.165, 1.54) is 6.92 Å². The highest BCUT2D eigenvalue weighted by molar-refractivity contribution is 5.94. The number of nitrogens with two attached hydrogens (primary N) is 1. The fourth-order valence-electron chi connectivity index (χ4n) is 3.76. The molecular formula is C28H36N6O8. The number of carbonyl (C=O) groups excluding carboxylic acids is 5. The number of carboxylic acids is 1. The van der Waals surface area contributed by atoms with Crippen LogP contribution in [0.15, 0.2) is 60.7 Å². The van der Waals surface area contributed by atoms with Crippen molar-refractivity contribution in [2.45, 2.75) is 44.0 Å². The van der Waals surface area contributed by atoms with Crippen LogP contribution in [0.25, 0.3) is 0 Å². The molecule has 0 unspecified atom stereocenters. The number of nitrogens with one attached hydrogen (secondary N) is 5. The molecule has 0 spiro atoms. The van der Waals surface area contributed by atoms with E-state index < -0.39 is 79.4 Å². The van der Waals surface area contributed by atoms with E-state index in [0.29, 0.717) is 5.56 Å². The second-order valence-corrected chi connectivity index (χ2v) is 9.44. The van der Waals surface area contributed by atoms with Crippen LogP contribution in [0.1, 0.15) is 18.1 Å². The fraction of sp³-hybridized carbons (Fsp3) is 0.357. The number of hydrogen-bond donors (Lipinski definition) is 8. The Morgan fingerprint density at radius 1 is 0.690 bits per heavy atom. The van der Waals surface area contributed by atoms with Crippen molar-refractivity contribution in [3.05, 3.63) is 71.8 Å². The molecule has 2 rings (SSSR count). The van der Waals surface area contributed by atoms with Gasteiger partial charge in [0.1, 0.15) is 18.6 Å². The Labute approximate surface area is 242 Å². The summed E-state index contributed by atoms with van der Waals surface area (Å²) in [6, 6.07) is 14.2. The average molecular weight is 585 g/mol. The largest absolute Gasteiger partial charge is 0.480 e. The summed E-state index contributed by atoms with van der Waals surface area (Å²) in [5.74, 6) is -5.03. The SMILES string of the molecule is C[C@@H](O)[C@H](NC(=O)CNC(=O)[C@@H](N)Cc1ccccc1)C(=O)NCC(=O)N[C@@H](Cc1ccccc1)C(=O)NCC(=O)O. The smallest absolute Gasteiger partial charge is 0.322 e. The highest BCUT2D eigenvalue weighted by atomic mass is 16.4. The Bertz CT molecular complexity index is 1230. The van der Waals surface area contributed by atoms with Gasteiger partial charge in [-0.2, -0.15) is 0 Å². The second-order valence-electron chi connectivity index (χ2n) is 9.44. The summed E-state index contributed by atoms with van der Waals surface area (Å²) >= 11 is 0. The normalized spacial score (nSPS) is 13.4. The van der Waals surface area contributed by atoms with E-state index in [1.54, 1.807) is 42.5 Å². The Hall–Kier alpha value is -4.82. The van der Waals surface area contributed by atoms with Crippen LogP contribution in [0.3, 0.4) is 0 Å². The van der Waals surface area contributed by atoms with Crippen LogP contribution in [0.4, 0.5) is 0 Å². The lowest BCUT2D eigenvalue weighted by atomic mass is 10.1. The molecule has 0 bridgehead atoms. The quantitative estimate of drug-likeness (QED) is 0.105. The lowest BCUT2D eigenvalue weighted by Crippen LogP contribution is -2.56. The zero-order valence-electron chi connectivity index (χ0n) is 23.0. The molecule has 0 aliphatic heterocycles. The van der Waals surface area contributed by atoms with Gasteiger partial charge in [0.15, 0.2) is 0 Å². The van der Waals surface area contributed by atoms with Gasteiger partial charge in [0.25, 0.3) is 0 Å². The van der Waals surface area contributed by atoms with Crippen molar-refractivity contribution in [3.8, 4) is 0 Å². The number of aliphatic carboxylic acids is 1. The van der Waals surface area contributed by atoms with Crippen molar-refractivity contribution in [3.63, 3.8) is 0 Å². The van der Waals surface area contributed by atoms with E-state index in [0.717, 1.165) is 5.56 Å². The summed E-state index contributed by atoms with van der Waals surface area (Å²) in [7, 11) is 0. The molecule has 0 heterocycles. The number of aliphatic hydroxyl groups excluding tert-OH is 1. The fourth-order valence-corrected chi connectivity index (χ4v) is 3.76. The zero-order valence-corrected chi connectivity index (χ0v) is 23.0. The van der Waals surface area contributed by atoms with Crippen LogP contribution in [0.2, 0.25) is 0 Å². The summed E-state index contributed by atoms with van der Waals surface area (Å²) in [6.45, 7) is -0.515. The molecule has 0 radical (unpaired) electrons. The van der Waals surface area contributed by atoms with Gasteiger partial charge in [0.05, 0.1) is 25.2 Å². The van der Waals surface area contributed by atoms with Crippen molar-refractivity contribution in [1.82, 2.24) is 26.6 Å². The monoisotopic (exact) mass is 584 g/mol. The van der Waals surface area contributed by atoms with Crippen LogP contribution in [0, 0.1) is 0 Å². The number of rotatable bonds is 16. The van der Waals surface area contributed by atoms with Gasteiger partial charge in [-0.25, -0.2) is 0 Å². The van der Waals surface area contributed by atoms with Crippen molar-refractivity contribution in [2.75, 3.05) is 19.6 Å². The van der Waals surface area contributed by atoms with Gasteiger partial charge >= 0.3 is 5.97 Å². The van der Waals surface area contributed by atoms with Gasteiger partial charge in [-0.3, -0.25) is 28.8 Å². The molecular weight excluding hydrogens is 548 g/mol. The predicted molar refractivity (Wildman–Crippen MR) is 150 cm³/mol. The highest BCUT2D eigenvalue weighted by Gasteiger charge is 2.27. The van der Waals surface area contributed by atoms with Crippen LogP contribution >= 0.6 is 0 Å². The number of carboxylic acid groups (broad SMARTS) is 1. The highest BCUT2D eigenvalue weighted by Crippen LogP contribution is 2.04. The van der Waals surface area contributed by atoms with Gasteiger partial charge < -0.3 is 42.5 Å². The molecule has 0 fully saturated rings. The Morgan fingerprint density at radius 2 is 1.17 bits per heavy atom. The molecule has 0 aliphatic carbocycles. The average Bonchev–Trinajstić information content (AvgIpc) is 2.96. The van der Waals surface area contributed by atoms with E-state index in [2.05, 4.69) is 26.6 Å². The third-order valence-corrected chi connectivity index (χ3v) is 5.91. The van der Waals surface area contributed by atoms with Gasteiger partial charge in [0.2, 0.25) is 29.5 Å². The van der Waals surface area contributed by atoms with Gasteiger partial charge in [0, 0.05) is 6.42 Å². The molecule has 2 aromatic carbocycles. The maximum Gasteiger partial charge on any atom is 0.322 e. The van der Waals surface area contributed by atoms with Crippen LogP contribution in [0.5, 0.6) is 0 Å². The first kappa shape index (κ1) is 33.4. The first-order valence-electron chi connectivity index (χ1n) is 13.1. The summed E-state index contributed by atoms with van der Waals surface area (Å²) in [5, 5.41) is 30.5. The molecule has 5 amide bonds. The molecule has 0 saturated heterocycles. The van der Waals surface area contributed by atoms with Gasteiger partial charge in [-0.05, 0) is 24.5 Å². The van der Waals surface area contributed by atoms with Crippen molar-refractivity contribution >= 4 is 35.5 Å². The number of amides is 5. The maximum absolute atomic E-state index is 12.6. The summed E-state index contributed by atoms with van der Waals surface area (Å²) in [4.78, 5) is 73.1. The Morgan fingerprint density at radius 3 is 1.69 bits per heavy atom. The van der Waals surface area contributed by atoms with Crippen LogP contribution in [-0.2, 0) is 41.6 Å². The molecule has 14 heteroatoms. The molecule has 0 saturated carbocycles. The topological polar surface area (TPSA) is 229 Å². The third-order valence-electron chi connectivity index (χ3n) is 5.91. The molecule has 2 aromatic rings. The van der Waals surface area contributed by atoms with Crippen molar-refractivity contribution in [2.24, 2.45) is 5.73 Å². The third kappa shape index (κ3) is 12.1. The van der Waals surface area contributed by atoms with Gasteiger partial charge in [-0.1, -0.05) is 60.7 Å². The molecule has 226 valence electrons. The minimum atomic E-state index is -1.46. The first-order chi connectivity index (χ1) is 20.0. The minimum absolute atomic E-state index is 0.0546. The van der Waals surface area contributed by atoms with Crippen LogP contribution in [-0.4, -0.2) is 89.6 Å². The maximum atomic E-state index is 12.6. The second kappa shape index (κ2) is 17.1. The first-order valence-corrected chi connectivity index (χ1v) is 13.1. The number of benzene rings is 2. The van der Waals surface area contributed by atoms with Crippen molar-refractivity contribution < 1.29 is 39.0 Å². The molecule has 42 heavy (non-hydrogen) atoms. The number of hydrogen-bond acceptors (Lipinski definition) is 8. The Kier molecular flexibility index (Phi) is 13.6. The standard InChI is InChI=1S/C28H36N6O8/c1-17(35)25(34-23(37)15-30-26(40)20(29)12-18-8-4-2-5-9-18)28(42)31-14-22(36)33-21(27(41)32-16-24(38)39)13-19-10-6-3-7-11-19/h2-11,17,20-21,25,35H,12-16,29H2,1H3,(H,30,40)(H,31,42)(H,32,41)(H,33,36)(H,34,37)(H,38,39)/t17-,20+,21+,25+/m1/s1. The Balaban J connectivity index is 1.87.